The number of carbonyl (C=O) groups is 4. The molecule has 11 heteroatoms. The van der Waals surface area contributed by atoms with E-state index in [1.807, 2.05) is 24.3 Å². The number of amides is 3. The molecule has 35 heavy (non-hydrogen) atoms. The number of hydrogen-bond donors (Lipinski definition) is 5. The molecule has 4 unspecified atom stereocenters. The number of carbonyl (C=O) groups excluding carboxylic acids is 3. The Hall–Kier alpha value is -3.05. The smallest absolute Gasteiger partial charge is 0.326 e. The minimum absolute atomic E-state index is 0.164. The van der Waals surface area contributed by atoms with E-state index in [-0.39, 0.29) is 18.1 Å². The maximum Gasteiger partial charge on any atom is 0.326 e. The molecule has 2 aromatic rings. The van der Waals surface area contributed by atoms with E-state index in [1.54, 1.807) is 6.20 Å². The second kappa shape index (κ2) is 10.7. The lowest BCUT2D eigenvalue weighted by molar-refractivity contribution is -0.149. The molecule has 0 aliphatic carbocycles. The van der Waals surface area contributed by atoms with E-state index in [4.69, 9.17) is 5.73 Å². The quantitative estimate of drug-likeness (QED) is 0.333. The number of hydrogen-bond acceptors (Lipinski definition) is 6. The zero-order valence-electron chi connectivity index (χ0n) is 19.4. The molecule has 2 fully saturated rings. The highest BCUT2D eigenvalue weighted by Crippen LogP contribution is 2.24. The molecule has 2 aliphatic heterocycles. The first-order valence-corrected chi connectivity index (χ1v) is 12.5. The molecule has 10 nitrogen and oxygen atoms in total. The zero-order chi connectivity index (χ0) is 25.1. The Kier molecular flexibility index (Phi) is 7.66. The third-order valence-corrected chi connectivity index (χ3v) is 7.28. The van der Waals surface area contributed by atoms with Crippen molar-refractivity contribution in [2.24, 2.45) is 5.73 Å². The summed E-state index contributed by atoms with van der Waals surface area (Å²) in [5, 5.41) is 13.4. The Balaban J connectivity index is 1.58. The highest BCUT2D eigenvalue weighted by atomic mass is 32.1. The number of carboxylic acid groups (broad SMARTS) is 1. The summed E-state index contributed by atoms with van der Waals surface area (Å²) in [6, 6.07) is 4.20. The van der Waals surface area contributed by atoms with Crippen LogP contribution in [0.15, 0.2) is 30.5 Å². The Morgan fingerprint density at radius 2 is 1.74 bits per heavy atom. The van der Waals surface area contributed by atoms with Crippen molar-refractivity contribution in [2.75, 3.05) is 18.8 Å². The van der Waals surface area contributed by atoms with Crippen molar-refractivity contribution >= 4 is 47.2 Å². The number of aromatic amines is 1. The number of thiol groups is 1. The molecular formula is C24H31N5O5S. The van der Waals surface area contributed by atoms with Crippen LogP contribution in [0.5, 0.6) is 0 Å². The Bertz CT molecular complexity index is 1120. The van der Waals surface area contributed by atoms with E-state index in [1.165, 1.54) is 9.80 Å². The molecule has 5 N–H and O–H groups in total. The van der Waals surface area contributed by atoms with Crippen LogP contribution in [0, 0.1) is 0 Å². The molecule has 3 amide bonds. The number of H-pyrrole nitrogens is 1. The van der Waals surface area contributed by atoms with Gasteiger partial charge < -0.3 is 30.9 Å². The summed E-state index contributed by atoms with van der Waals surface area (Å²) >= 11 is 4.09. The fourth-order valence-corrected chi connectivity index (χ4v) is 5.23. The predicted octanol–water partition coefficient (Wildman–Crippen LogP) is 0.519. The summed E-state index contributed by atoms with van der Waals surface area (Å²) in [6.07, 6.45) is 4.06. The molecule has 0 saturated carbocycles. The number of carboxylic acids is 1. The number of rotatable bonds is 8. The molecule has 188 valence electrons. The van der Waals surface area contributed by atoms with Crippen LogP contribution in [0.2, 0.25) is 0 Å². The Labute approximate surface area is 208 Å². The highest BCUT2D eigenvalue weighted by molar-refractivity contribution is 7.80. The lowest BCUT2D eigenvalue weighted by Crippen LogP contribution is -2.57. The summed E-state index contributed by atoms with van der Waals surface area (Å²) in [5.74, 6) is -2.11. The minimum Gasteiger partial charge on any atom is -0.480 e. The maximum atomic E-state index is 13.6. The standard InChI is InChI=1S/C24H31N5O5S/c25-16(13-35)22(31)28-9-3-7-19(28)21(30)27-18(23(32)29-10-4-8-20(29)24(33)34)11-14-12-26-17-6-2-1-5-15(14)17/h1-2,5-6,12,16,18-20,26,35H,3-4,7-11,13,25H2,(H,27,30)(H,33,34). The third-order valence-electron chi connectivity index (χ3n) is 6.89. The summed E-state index contributed by atoms with van der Waals surface area (Å²) in [5.41, 5.74) is 7.59. The number of nitrogens with one attached hydrogen (secondary N) is 2. The average Bonchev–Trinajstić information content (AvgIpc) is 3.62. The van der Waals surface area contributed by atoms with Gasteiger partial charge in [0, 0.05) is 42.4 Å². The molecule has 4 atom stereocenters. The minimum atomic E-state index is -1.05. The molecule has 0 spiro atoms. The van der Waals surface area contributed by atoms with E-state index >= 15 is 0 Å². The fourth-order valence-electron chi connectivity index (χ4n) is 5.07. The van der Waals surface area contributed by atoms with Crippen LogP contribution in [0.1, 0.15) is 31.2 Å². The molecule has 4 rings (SSSR count). The van der Waals surface area contributed by atoms with Crippen molar-refractivity contribution < 1.29 is 24.3 Å². The van der Waals surface area contributed by atoms with E-state index in [2.05, 4.69) is 22.9 Å². The second-order valence-electron chi connectivity index (χ2n) is 9.13. The van der Waals surface area contributed by atoms with Crippen molar-refractivity contribution in [1.82, 2.24) is 20.1 Å². The predicted molar refractivity (Wildman–Crippen MR) is 133 cm³/mol. The van der Waals surface area contributed by atoms with Gasteiger partial charge in [0.05, 0.1) is 6.04 Å². The number of nitrogens with two attached hydrogens (primary N) is 1. The van der Waals surface area contributed by atoms with Crippen molar-refractivity contribution in [3.63, 3.8) is 0 Å². The van der Waals surface area contributed by atoms with Crippen LogP contribution < -0.4 is 11.1 Å². The van der Waals surface area contributed by atoms with Crippen molar-refractivity contribution in [1.29, 1.82) is 0 Å². The topological polar surface area (TPSA) is 149 Å². The number of benzene rings is 1. The van der Waals surface area contributed by atoms with Crippen molar-refractivity contribution in [3.05, 3.63) is 36.0 Å². The van der Waals surface area contributed by atoms with Gasteiger partial charge in [-0.1, -0.05) is 18.2 Å². The van der Waals surface area contributed by atoms with Crippen molar-refractivity contribution in [3.8, 4) is 0 Å². The monoisotopic (exact) mass is 501 g/mol. The van der Waals surface area contributed by atoms with Crippen LogP contribution in [0.4, 0.5) is 0 Å². The Morgan fingerprint density at radius 1 is 1.09 bits per heavy atom. The largest absolute Gasteiger partial charge is 0.480 e. The molecule has 2 saturated heterocycles. The number of aliphatic carboxylic acids is 1. The fraction of sp³-hybridized carbons (Fsp3) is 0.500. The summed E-state index contributed by atoms with van der Waals surface area (Å²) in [4.78, 5) is 57.3. The van der Waals surface area contributed by atoms with E-state index in [9.17, 15) is 24.3 Å². The van der Waals surface area contributed by atoms with Crippen LogP contribution >= 0.6 is 12.6 Å². The average molecular weight is 502 g/mol. The van der Waals surface area contributed by atoms with Crippen LogP contribution in [-0.4, -0.2) is 86.6 Å². The summed E-state index contributed by atoms with van der Waals surface area (Å²) < 4.78 is 0. The van der Waals surface area contributed by atoms with Gasteiger partial charge in [0.25, 0.3) is 0 Å². The number of aromatic nitrogens is 1. The number of para-hydroxylation sites is 1. The maximum absolute atomic E-state index is 13.6. The van der Waals surface area contributed by atoms with E-state index in [0.717, 1.165) is 16.5 Å². The van der Waals surface area contributed by atoms with E-state index in [0.29, 0.717) is 38.8 Å². The molecule has 1 aromatic heterocycles. The molecule has 2 aliphatic rings. The first-order valence-electron chi connectivity index (χ1n) is 11.9. The number of likely N-dealkylation sites (tertiary alicyclic amines) is 2. The van der Waals surface area contributed by atoms with Gasteiger partial charge in [-0.05, 0) is 37.3 Å². The lowest BCUT2D eigenvalue weighted by atomic mass is 10.0. The van der Waals surface area contributed by atoms with Gasteiger partial charge in [-0.25, -0.2) is 4.79 Å². The summed E-state index contributed by atoms with van der Waals surface area (Å²) in [6.45, 7) is 0.730. The van der Waals surface area contributed by atoms with Crippen LogP contribution in [-0.2, 0) is 25.6 Å². The molecule has 1 aromatic carbocycles. The zero-order valence-corrected chi connectivity index (χ0v) is 20.2. The molecule has 3 heterocycles. The van der Waals surface area contributed by atoms with E-state index < -0.39 is 42.0 Å². The van der Waals surface area contributed by atoms with Crippen molar-refractivity contribution in [2.45, 2.75) is 56.3 Å². The number of nitrogens with zero attached hydrogens (tertiary/aromatic N) is 2. The Morgan fingerprint density at radius 3 is 2.43 bits per heavy atom. The SMILES string of the molecule is NC(CS)C(=O)N1CCCC1C(=O)NC(Cc1c[nH]c2ccccc12)C(=O)N1CCCC1C(=O)O. The first-order chi connectivity index (χ1) is 16.8. The van der Waals surface area contributed by atoms with Gasteiger partial charge in [-0.2, -0.15) is 12.6 Å². The second-order valence-corrected chi connectivity index (χ2v) is 9.50. The lowest BCUT2D eigenvalue weighted by Gasteiger charge is -2.30. The third kappa shape index (κ3) is 5.15. The van der Waals surface area contributed by atoms with Gasteiger partial charge >= 0.3 is 5.97 Å². The van der Waals surface area contributed by atoms with Crippen LogP contribution in [0.25, 0.3) is 10.9 Å². The number of fused-ring (bicyclic) bond motifs is 1. The molecular weight excluding hydrogens is 470 g/mol. The van der Waals surface area contributed by atoms with Gasteiger partial charge in [0.1, 0.15) is 18.1 Å². The van der Waals surface area contributed by atoms with Crippen LogP contribution in [0.3, 0.4) is 0 Å². The van der Waals surface area contributed by atoms with Gasteiger partial charge in [0.2, 0.25) is 17.7 Å². The normalized spacial score (nSPS) is 21.8. The first kappa shape index (κ1) is 25.1. The highest BCUT2D eigenvalue weighted by Gasteiger charge is 2.41. The summed E-state index contributed by atoms with van der Waals surface area (Å²) in [7, 11) is 0. The molecule has 0 bridgehead atoms. The van der Waals surface area contributed by atoms with Gasteiger partial charge in [-0.3, -0.25) is 14.4 Å². The van der Waals surface area contributed by atoms with Gasteiger partial charge in [0.15, 0.2) is 0 Å². The van der Waals surface area contributed by atoms with Gasteiger partial charge in [-0.15, -0.1) is 0 Å². The molecule has 0 radical (unpaired) electrons.